The fraction of sp³-hybridized carbons (Fsp3) is 0.333. The number of ether oxygens (including phenoxy) is 1. The number of hydrogen-bond donors (Lipinski definition) is 0. The molecule has 0 unspecified atom stereocenters. The molecule has 1 aromatic heterocycles. The van der Waals surface area contributed by atoms with Crippen molar-refractivity contribution in [3.8, 4) is 0 Å². The molecule has 0 saturated carbocycles. The molecule has 0 radical (unpaired) electrons. The van der Waals surface area contributed by atoms with Crippen LogP contribution in [0, 0.1) is 0 Å². The van der Waals surface area contributed by atoms with E-state index in [1.54, 1.807) is 17.0 Å². The number of hydrogen-bond acceptors (Lipinski definition) is 6. The van der Waals surface area contributed by atoms with Crippen molar-refractivity contribution in [3.63, 3.8) is 0 Å². The Balaban J connectivity index is 1.34. The Morgan fingerprint density at radius 1 is 1.11 bits per heavy atom. The predicted molar refractivity (Wildman–Crippen MR) is 122 cm³/mol. The van der Waals surface area contributed by atoms with Gasteiger partial charge in [0.25, 0.3) is 16.4 Å². The van der Waals surface area contributed by atoms with E-state index in [0.29, 0.717) is 37.2 Å². The van der Waals surface area contributed by atoms with Crippen molar-refractivity contribution in [3.05, 3.63) is 77.7 Å². The minimum atomic E-state index is -3.97. The summed E-state index contributed by atoms with van der Waals surface area (Å²) in [4.78, 5) is 14.1. The Morgan fingerprint density at radius 3 is 2.49 bits per heavy atom. The van der Waals surface area contributed by atoms with Gasteiger partial charge in [0.2, 0.25) is 0 Å². The number of alkyl halides is 2. The number of piperidine rings is 1. The molecule has 0 atom stereocenters. The average Bonchev–Trinajstić information content (AvgIpc) is 3.50. The largest absolute Gasteiger partial charge is 0.444 e. The maximum atomic E-state index is 13.5. The second-order valence-electron chi connectivity index (χ2n) is 8.75. The predicted octanol–water partition coefficient (Wildman–Crippen LogP) is 4.49. The maximum absolute atomic E-state index is 13.5. The third-order valence-electron chi connectivity index (χ3n) is 6.73. The summed E-state index contributed by atoms with van der Waals surface area (Å²) in [6, 6.07) is 12.0. The van der Waals surface area contributed by atoms with Crippen LogP contribution in [0.4, 0.5) is 19.3 Å². The number of para-hydroxylation sites is 1. The number of halogens is 2. The van der Waals surface area contributed by atoms with E-state index in [1.807, 2.05) is 12.1 Å². The van der Waals surface area contributed by atoms with Crippen LogP contribution in [-0.2, 0) is 26.8 Å². The fourth-order valence-corrected chi connectivity index (χ4v) is 6.36. The van der Waals surface area contributed by atoms with Gasteiger partial charge in [0, 0.05) is 36.2 Å². The first kappa shape index (κ1) is 23.3. The molecular weight excluding hydrogens is 480 g/mol. The molecule has 2 aliphatic rings. The van der Waals surface area contributed by atoms with E-state index in [4.69, 9.17) is 9.26 Å². The summed E-state index contributed by atoms with van der Waals surface area (Å²) in [5.74, 6) is 0. The van der Waals surface area contributed by atoms with Crippen LogP contribution in [0.1, 0.15) is 36.0 Å². The highest BCUT2D eigenvalue weighted by Crippen LogP contribution is 2.48. The number of likely N-dealkylation sites (tertiary alicyclic amines) is 1. The Bertz CT molecular complexity index is 1310. The van der Waals surface area contributed by atoms with Gasteiger partial charge in [-0.25, -0.2) is 22.0 Å². The van der Waals surface area contributed by atoms with Crippen molar-refractivity contribution in [2.24, 2.45) is 0 Å². The molecule has 3 heterocycles. The van der Waals surface area contributed by atoms with Crippen LogP contribution in [0.3, 0.4) is 0 Å². The lowest BCUT2D eigenvalue weighted by atomic mass is 9.74. The van der Waals surface area contributed by atoms with Crippen LogP contribution in [0.15, 0.2) is 70.4 Å². The van der Waals surface area contributed by atoms with Gasteiger partial charge >= 0.3 is 6.09 Å². The van der Waals surface area contributed by atoms with Crippen molar-refractivity contribution in [2.75, 3.05) is 23.9 Å². The van der Waals surface area contributed by atoms with Gasteiger partial charge in [-0.2, -0.15) is 0 Å². The molecule has 1 saturated heterocycles. The standard InChI is InChI=1S/C24H23F2N3O5S/c25-22(26)18-5-7-19(8-6-18)35(31,32)29-16-24(20-3-1-2-4-21(20)29)9-11-28(12-10-24)23(30)33-14-17-13-27-34-15-17/h1-8,13,15,22H,9-12,14,16H2. The first-order chi connectivity index (χ1) is 16.8. The number of carbonyl (C=O) groups excluding carboxylic acids is 1. The molecule has 8 nitrogen and oxygen atoms in total. The second kappa shape index (κ2) is 8.95. The number of benzene rings is 2. The third kappa shape index (κ3) is 4.24. The zero-order chi connectivity index (χ0) is 24.6. The first-order valence-corrected chi connectivity index (χ1v) is 12.5. The highest BCUT2D eigenvalue weighted by Gasteiger charge is 2.48. The van der Waals surface area contributed by atoms with E-state index >= 15 is 0 Å². The van der Waals surface area contributed by atoms with Gasteiger partial charge in [0.05, 0.1) is 16.8 Å². The number of carbonyl (C=O) groups is 1. The van der Waals surface area contributed by atoms with Crippen molar-refractivity contribution < 1.29 is 31.3 Å². The molecule has 5 rings (SSSR count). The third-order valence-corrected chi connectivity index (χ3v) is 8.51. The van der Waals surface area contributed by atoms with E-state index in [1.165, 1.54) is 28.9 Å². The van der Waals surface area contributed by atoms with Crippen LogP contribution in [0.5, 0.6) is 0 Å². The molecule has 11 heteroatoms. The van der Waals surface area contributed by atoms with E-state index in [-0.39, 0.29) is 23.6 Å². The zero-order valence-electron chi connectivity index (χ0n) is 18.6. The highest BCUT2D eigenvalue weighted by molar-refractivity contribution is 7.92. The van der Waals surface area contributed by atoms with Gasteiger partial charge < -0.3 is 14.2 Å². The molecular formula is C24H23F2N3O5S. The fourth-order valence-electron chi connectivity index (χ4n) is 4.79. The summed E-state index contributed by atoms with van der Waals surface area (Å²) in [6.45, 7) is 1.10. The van der Waals surface area contributed by atoms with Gasteiger partial charge in [-0.05, 0) is 36.6 Å². The smallest absolute Gasteiger partial charge is 0.410 e. The van der Waals surface area contributed by atoms with Crippen LogP contribution < -0.4 is 4.31 Å². The van der Waals surface area contributed by atoms with Crippen LogP contribution in [0.2, 0.25) is 0 Å². The van der Waals surface area contributed by atoms with Gasteiger partial charge in [0.15, 0.2) is 0 Å². The number of anilines is 1. The Morgan fingerprint density at radius 2 is 1.83 bits per heavy atom. The lowest BCUT2D eigenvalue weighted by molar-refractivity contribution is 0.0790. The normalized spacial score (nSPS) is 17.1. The molecule has 2 aliphatic heterocycles. The Labute approximate surface area is 201 Å². The van der Waals surface area contributed by atoms with E-state index in [0.717, 1.165) is 17.7 Å². The van der Waals surface area contributed by atoms with Crippen molar-refractivity contribution in [2.45, 2.75) is 36.2 Å². The van der Waals surface area contributed by atoms with E-state index in [9.17, 15) is 22.0 Å². The van der Waals surface area contributed by atoms with E-state index < -0.39 is 28.0 Å². The van der Waals surface area contributed by atoms with Crippen molar-refractivity contribution in [1.29, 1.82) is 0 Å². The molecule has 0 N–H and O–H groups in total. The van der Waals surface area contributed by atoms with Gasteiger partial charge in [0.1, 0.15) is 12.9 Å². The van der Waals surface area contributed by atoms with Crippen LogP contribution in [-0.4, -0.2) is 44.2 Å². The summed E-state index contributed by atoms with van der Waals surface area (Å²) in [5, 5.41) is 3.58. The molecule has 0 bridgehead atoms. The summed E-state index contributed by atoms with van der Waals surface area (Å²) in [5.41, 5.74) is 1.45. The monoisotopic (exact) mass is 503 g/mol. The lowest BCUT2D eigenvalue weighted by Gasteiger charge is -2.39. The number of rotatable bonds is 5. The maximum Gasteiger partial charge on any atom is 0.410 e. The van der Waals surface area contributed by atoms with Crippen molar-refractivity contribution >= 4 is 21.8 Å². The summed E-state index contributed by atoms with van der Waals surface area (Å²) < 4.78 is 64.3. The number of fused-ring (bicyclic) bond motifs is 2. The lowest BCUT2D eigenvalue weighted by Crippen LogP contribution is -2.47. The molecule has 1 fully saturated rings. The van der Waals surface area contributed by atoms with Crippen LogP contribution in [0.25, 0.3) is 0 Å². The zero-order valence-corrected chi connectivity index (χ0v) is 19.5. The minimum Gasteiger partial charge on any atom is -0.444 e. The quantitative estimate of drug-likeness (QED) is 0.509. The summed E-state index contributed by atoms with van der Waals surface area (Å²) in [7, 11) is -3.97. The molecule has 184 valence electrons. The summed E-state index contributed by atoms with van der Waals surface area (Å²) in [6.07, 6.45) is 0.881. The molecule has 35 heavy (non-hydrogen) atoms. The summed E-state index contributed by atoms with van der Waals surface area (Å²) >= 11 is 0. The molecule has 0 aliphatic carbocycles. The van der Waals surface area contributed by atoms with Crippen molar-refractivity contribution in [1.82, 2.24) is 10.1 Å². The number of sulfonamides is 1. The topological polar surface area (TPSA) is 92.9 Å². The van der Waals surface area contributed by atoms with Gasteiger partial charge in [-0.1, -0.05) is 35.5 Å². The number of nitrogens with zero attached hydrogens (tertiary/aromatic N) is 3. The molecule has 1 spiro atoms. The average molecular weight is 504 g/mol. The minimum absolute atomic E-state index is 0.0384. The Kier molecular flexibility index (Phi) is 5.96. The second-order valence-corrected chi connectivity index (χ2v) is 10.6. The van der Waals surface area contributed by atoms with E-state index in [2.05, 4.69) is 5.16 Å². The number of amides is 1. The number of aromatic nitrogens is 1. The molecule has 1 amide bonds. The molecule has 3 aromatic rings. The first-order valence-electron chi connectivity index (χ1n) is 11.1. The van der Waals surface area contributed by atoms with Crippen LogP contribution >= 0.6 is 0 Å². The van der Waals surface area contributed by atoms with Gasteiger partial charge in [-0.15, -0.1) is 0 Å². The molecule has 2 aromatic carbocycles. The highest BCUT2D eigenvalue weighted by atomic mass is 32.2. The Hall–Kier alpha value is -3.47. The SMILES string of the molecule is O=C(OCc1cnoc1)N1CCC2(CC1)CN(S(=O)(=O)c1ccc(C(F)F)cc1)c1ccccc12. The van der Waals surface area contributed by atoms with Gasteiger partial charge in [-0.3, -0.25) is 4.31 Å².